The topological polar surface area (TPSA) is 109 Å². The summed E-state index contributed by atoms with van der Waals surface area (Å²) in [6, 6.07) is 4.40. The third-order valence-electron chi connectivity index (χ3n) is 5.68. The van der Waals surface area contributed by atoms with E-state index in [0.29, 0.717) is 30.1 Å². The molecule has 0 aliphatic carbocycles. The molecule has 1 aliphatic rings. The minimum Gasteiger partial charge on any atom is -0.491 e. The van der Waals surface area contributed by atoms with Crippen molar-refractivity contribution >= 4 is 23.5 Å². The van der Waals surface area contributed by atoms with Crippen LogP contribution in [0.4, 0.5) is 10.5 Å². The van der Waals surface area contributed by atoms with E-state index in [1.807, 2.05) is 27.7 Å². The van der Waals surface area contributed by atoms with Gasteiger partial charge in [0.15, 0.2) is 0 Å². The van der Waals surface area contributed by atoms with Crippen molar-refractivity contribution < 1.29 is 28.6 Å². The number of nitrogens with one attached hydrogen (secondary N) is 2. The van der Waals surface area contributed by atoms with Crippen LogP contribution >= 0.6 is 0 Å². The Morgan fingerprint density at radius 1 is 1.21 bits per heavy atom. The summed E-state index contributed by atoms with van der Waals surface area (Å²) in [5.74, 6) is -0.244. The van der Waals surface area contributed by atoms with E-state index in [9.17, 15) is 14.4 Å². The summed E-state index contributed by atoms with van der Waals surface area (Å²) < 4.78 is 16.6. The third kappa shape index (κ3) is 7.33. The molecule has 0 unspecified atom stereocenters. The molecule has 0 spiro atoms. The number of nitrogens with zero attached hydrogens (tertiary/aromatic N) is 2. The number of urea groups is 1. The molecule has 0 fully saturated rings. The van der Waals surface area contributed by atoms with E-state index in [0.717, 1.165) is 0 Å². The van der Waals surface area contributed by atoms with Gasteiger partial charge in [0, 0.05) is 58.1 Å². The minimum absolute atomic E-state index is 0.0155. The third-order valence-corrected chi connectivity index (χ3v) is 5.68. The van der Waals surface area contributed by atoms with Crippen molar-refractivity contribution in [3.8, 4) is 5.75 Å². The second kappa shape index (κ2) is 12.6. The Bertz CT molecular complexity index is 862. The number of amides is 4. The molecule has 4 amide bonds. The fourth-order valence-electron chi connectivity index (χ4n) is 3.79. The van der Waals surface area contributed by atoms with E-state index in [2.05, 4.69) is 10.6 Å². The molecule has 0 radical (unpaired) electrons. The molecule has 2 rings (SSSR count). The molecule has 0 saturated heterocycles. The Kier molecular flexibility index (Phi) is 10.1. The maximum Gasteiger partial charge on any atom is 0.317 e. The lowest BCUT2D eigenvalue weighted by molar-refractivity contribution is -0.119. The smallest absolute Gasteiger partial charge is 0.317 e. The predicted molar refractivity (Wildman–Crippen MR) is 129 cm³/mol. The van der Waals surface area contributed by atoms with Gasteiger partial charge < -0.3 is 34.6 Å². The van der Waals surface area contributed by atoms with Crippen LogP contribution in [0.5, 0.6) is 5.75 Å². The number of carbonyl (C=O) groups is 3. The minimum atomic E-state index is -0.319. The number of methoxy groups -OCH3 is 2. The summed E-state index contributed by atoms with van der Waals surface area (Å²) in [6.07, 6.45) is -0.271. The molecule has 34 heavy (non-hydrogen) atoms. The van der Waals surface area contributed by atoms with Gasteiger partial charge in [-0.15, -0.1) is 0 Å². The van der Waals surface area contributed by atoms with Crippen molar-refractivity contribution in [3.05, 3.63) is 23.8 Å². The van der Waals surface area contributed by atoms with E-state index < -0.39 is 0 Å². The van der Waals surface area contributed by atoms with E-state index in [-0.39, 0.29) is 55.2 Å². The standard InChI is InChI=1S/C24H38N4O6/c1-15(2)25-24(31)28-11-16(3)21(33-7)12-27(5)23(30)19-9-8-18(26-22(29)14-32-6)10-20(19)34-13-17(28)4/h8-10,15-17,21H,11-14H2,1-7H3,(H,25,31)(H,26,29)/t16-,17+,21-/m1/s1. The van der Waals surface area contributed by atoms with Crippen LogP contribution in [-0.2, 0) is 14.3 Å². The van der Waals surface area contributed by atoms with Gasteiger partial charge >= 0.3 is 6.03 Å². The van der Waals surface area contributed by atoms with Gasteiger partial charge in [0.05, 0.1) is 17.7 Å². The molecule has 0 bridgehead atoms. The SMILES string of the molecule is COCC(=O)Nc1ccc2c(c1)OC[C@H](C)N(C(=O)NC(C)C)C[C@@H](C)[C@H](OC)CN(C)C2=O. The zero-order valence-electron chi connectivity index (χ0n) is 21.2. The molecular formula is C24H38N4O6. The summed E-state index contributed by atoms with van der Waals surface area (Å²) in [5.41, 5.74) is 0.842. The van der Waals surface area contributed by atoms with Gasteiger partial charge in [-0.2, -0.15) is 0 Å². The average Bonchev–Trinajstić information content (AvgIpc) is 2.77. The Labute approximate surface area is 201 Å². The van der Waals surface area contributed by atoms with Gasteiger partial charge in [0.25, 0.3) is 5.91 Å². The number of fused-ring (bicyclic) bond motifs is 1. The van der Waals surface area contributed by atoms with Crippen molar-refractivity contribution in [2.45, 2.75) is 45.9 Å². The summed E-state index contributed by atoms with van der Waals surface area (Å²) in [6.45, 7) is 8.57. The molecule has 2 N–H and O–H groups in total. The summed E-state index contributed by atoms with van der Waals surface area (Å²) in [4.78, 5) is 41.5. The molecule has 1 aromatic carbocycles. The highest BCUT2D eigenvalue weighted by Crippen LogP contribution is 2.27. The normalized spacial score (nSPS) is 21.8. The van der Waals surface area contributed by atoms with Crippen molar-refractivity contribution in [2.75, 3.05) is 52.9 Å². The quantitative estimate of drug-likeness (QED) is 0.672. The summed E-state index contributed by atoms with van der Waals surface area (Å²) >= 11 is 0. The van der Waals surface area contributed by atoms with Gasteiger partial charge in [0.1, 0.15) is 19.0 Å². The first-order valence-corrected chi connectivity index (χ1v) is 11.5. The number of rotatable bonds is 5. The monoisotopic (exact) mass is 478 g/mol. The lowest BCUT2D eigenvalue weighted by Gasteiger charge is -2.36. The number of likely N-dealkylation sites (N-methyl/N-ethyl adjacent to an activating group) is 1. The van der Waals surface area contributed by atoms with Gasteiger partial charge in [-0.1, -0.05) is 6.92 Å². The van der Waals surface area contributed by atoms with Crippen molar-refractivity contribution in [1.82, 2.24) is 15.1 Å². The second-order valence-electron chi connectivity index (χ2n) is 9.05. The number of carbonyl (C=O) groups excluding carboxylic acids is 3. The van der Waals surface area contributed by atoms with Crippen molar-refractivity contribution in [3.63, 3.8) is 0 Å². The molecule has 190 valence electrons. The summed E-state index contributed by atoms with van der Waals surface area (Å²) in [7, 11) is 4.75. The lowest BCUT2D eigenvalue weighted by Crippen LogP contribution is -2.52. The molecule has 0 saturated carbocycles. The number of ether oxygens (including phenoxy) is 3. The Hall–Kier alpha value is -2.85. The van der Waals surface area contributed by atoms with Crippen LogP contribution in [0.15, 0.2) is 18.2 Å². The number of anilines is 1. The van der Waals surface area contributed by atoms with Crippen LogP contribution < -0.4 is 15.4 Å². The molecule has 1 heterocycles. The first-order chi connectivity index (χ1) is 16.1. The Morgan fingerprint density at radius 2 is 1.91 bits per heavy atom. The molecular weight excluding hydrogens is 440 g/mol. The van der Waals surface area contributed by atoms with Gasteiger partial charge in [-0.05, 0) is 32.9 Å². The zero-order valence-corrected chi connectivity index (χ0v) is 21.2. The summed E-state index contributed by atoms with van der Waals surface area (Å²) in [5, 5.41) is 5.68. The number of hydrogen-bond acceptors (Lipinski definition) is 6. The Morgan fingerprint density at radius 3 is 2.53 bits per heavy atom. The van der Waals surface area contributed by atoms with E-state index >= 15 is 0 Å². The van der Waals surface area contributed by atoms with Crippen LogP contribution in [-0.4, -0.2) is 93.4 Å². The highest BCUT2D eigenvalue weighted by Gasteiger charge is 2.30. The predicted octanol–water partition coefficient (Wildman–Crippen LogP) is 2.20. The van der Waals surface area contributed by atoms with Gasteiger partial charge in [-0.3, -0.25) is 9.59 Å². The Balaban J connectivity index is 2.42. The lowest BCUT2D eigenvalue weighted by atomic mass is 10.0. The largest absolute Gasteiger partial charge is 0.491 e. The first kappa shape index (κ1) is 27.4. The molecule has 1 aliphatic heterocycles. The number of hydrogen-bond donors (Lipinski definition) is 2. The van der Waals surface area contributed by atoms with Crippen LogP contribution in [0.1, 0.15) is 38.1 Å². The van der Waals surface area contributed by atoms with Gasteiger partial charge in [0.2, 0.25) is 5.91 Å². The fraction of sp³-hybridized carbons (Fsp3) is 0.625. The molecule has 10 heteroatoms. The second-order valence-corrected chi connectivity index (χ2v) is 9.05. The molecule has 10 nitrogen and oxygen atoms in total. The maximum absolute atomic E-state index is 13.2. The molecule has 1 aromatic rings. The van der Waals surface area contributed by atoms with Crippen molar-refractivity contribution in [1.29, 1.82) is 0 Å². The van der Waals surface area contributed by atoms with Crippen LogP contribution in [0.25, 0.3) is 0 Å². The van der Waals surface area contributed by atoms with Crippen LogP contribution in [0, 0.1) is 5.92 Å². The molecule has 0 aromatic heterocycles. The van der Waals surface area contributed by atoms with E-state index in [1.165, 1.54) is 7.11 Å². The fourth-order valence-corrected chi connectivity index (χ4v) is 3.79. The van der Waals surface area contributed by atoms with E-state index in [4.69, 9.17) is 14.2 Å². The highest BCUT2D eigenvalue weighted by molar-refractivity contribution is 5.98. The first-order valence-electron chi connectivity index (χ1n) is 11.5. The average molecular weight is 479 g/mol. The highest BCUT2D eigenvalue weighted by atomic mass is 16.5. The van der Waals surface area contributed by atoms with Crippen molar-refractivity contribution in [2.24, 2.45) is 5.92 Å². The van der Waals surface area contributed by atoms with Gasteiger partial charge in [-0.25, -0.2) is 4.79 Å². The number of benzene rings is 1. The maximum atomic E-state index is 13.2. The van der Waals surface area contributed by atoms with E-state index in [1.54, 1.807) is 42.2 Å². The van der Waals surface area contributed by atoms with Crippen LogP contribution in [0.2, 0.25) is 0 Å². The van der Waals surface area contributed by atoms with Crippen LogP contribution in [0.3, 0.4) is 0 Å². The zero-order chi connectivity index (χ0) is 25.4. The molecule has 3 atom stereocenters.